The SMILES string of the molecule is CCOC(=O)c1nnsc1N/N=C\c1ccc([N+](=O)[O-])cc1. The number of hydrogen-bond acceptors (Lipinski definition) is 9. The number of hydrazone groups is 1. The summed E-state index contributed by atoms with van der Waals surface area (Å²) in [5.74, 6) is -0.579. The van der Waals surface area contributed by atoms with Crippen LogP contribution in [-0.4, -0.2) is 33.3 Å². The zero-order chi connectivity index (χ0) is 15.9. The lowest BCUT2D eigenvalue weighted by Crippen LogP contribution is -2.07. The Kier molecular flexibility index (Phi) is 5.09. The van der Waals surface area contributed by atoms with Gasteiger partial charge in [0.25, 0.3) is 5.69 Å². The fraction of sp³-hybridized carbons (Fsp3) is 0.167. The average Bonchev–Trinajstić information content (AvgIpc) is 2.96. The Morgan fingerprint density at radius 2 is 2.23 bits per heavy atom. The third kappa shape index (κ3) is 3.82. The molecule has 1 aromatic heterocycles. The molecule has 0 amide bonds. The van der Waals surface area contributed by atoms with Gasteiger partial charge in [-0.15, -0.1) is 5.10 Å². The predicted octanol–water partition coefficient (Wildman–Crippen LogP) is 2.07. The molecule has 0 saturated heterocycles. The maximum atomic E-state index is 11.6. The minimum Gasteiger partial charge on any atom is -0.461 e. The molecule has 2 rings (SSSR count). The minimum atomic E-state index is -0.579. The molecule has 114 valence electrons. The van der Waals surface area contributed by atoms with Gasteiger partial charge in [-0.05, 0) is 24.6 Å². The number of nitrogens with one attached hydrogen (secondary N) is 1. The number of anilines is 1. The van der Waals surface area contributed by atoms with Crippen LogP contribution in [0.15, 0.2) is 29.4 Å². The Hall–Kier alpha value is -2.88. The van der Waals surface area contributed by atoms with Gasteiger partial charge in [0.15, 0.2) is 5.00 Å². The first-order valence-corrected chi connectivity index (χ1v) is 6.92. The molecule has 10 heteroatoms. The van der Waals surface area contributed by atoms with E-state index >= 15 is 0 Å². The molecular weight excluding hydrogens is 310 g/mol. The van der Waals surface area contributed by atoms with Crippen molar-refractivity contribution in [3.63, 3.8) is 0 Å². The van der Waals surface area contributed by atoms with Gasteiger partial charge in [0.05, 0.1) is 17.7 Å². The van der Waals surface area contributed by atoms with Crippen LogP contribution in [0.3, 0.4) is 0 Å². The van der Waals surface area contributed by atoms with Crippen LogP contribution >= 0.6 is 11.5 Å². The lowest BCUT2D eigenvalue weighted by Gasteiger charge is -2.00. The summed E-state index contributed by atoms with van der Waals surface area (Å²) in [6.07, 6.45) is 1.46. The second-order valence-electron chi connectivity index (χ2n) is 3.89. The smallest absolute Gasteiger partial charge is 0.362 e. The van der Waals surface area contributed by atoms with Crippen LogP contribution in [0.5, 0.6) is 0 Å². The summed E-state index contributed by atoms with van der Waals surface area (Å²) < 4.78 is 8.50. The highest BCUT2D eigenvalue weighted by Gasteiger charge is 2.17. The maximum Gasteiger partial charge on any atom is 0.362 e. The number of nitro benzene ring substituents is 1. The number of nitro groups is 1. The lowest BCUT2D eigenvalue weighted by molar-refractivity contribution is -0.384. The monoisotopic (exact) mass is 321 g/mol. The number of carbonyl (C=O) groups is 1. The van der Waals surface area contributed by atoms with E-state index in [4.69, 9.17) is 4.74 Å². The van der Waals surface area contributed by atoms with Crippen molar-refractivity contribution in [2.24, 2.45) is 5.10 Å². The molecule has 0 aliphatic rings. The number of nitrogens with zero attached hydrogens (tertiary/aromatic N) is 4. The third-order valence-corrected chi connectivity index (χ3v) is 3.07. The zero-order valence-electron chi connectivity index (χ0n) is 11.4. The maximum absolute atomic E-state index is 11.6. The Bertz CT molecular complexity index is 698. The summed E-state index contributed by atoms with van der Waals surface area (Å²) in [5, 5.41) is 18.5. The van der Waals surface area contributed by atoms with Gasteiger partial charge in [-0.3, -0.25) is 15.5 Å². The second kappa shape index (κ2) is 7.22. The first-order valence-electron chi connectivity index (χ1n) is 6.14. The Labute approximate surface area is 128 Å². The van der Waals surface area contributed by atoms with Crippen LogP contribution in [0.4, 0.5) is 10.7 Å². The first kappa shape index (κ1) is 15.5. The van der Waals surface area contributed by atoms with Crippen molar-refractivity contribution in [1.29, 1.82) is 0 Å². The quantitative estimate of drug-likeness (QED) is 0.374. The van der Waals surface area contributed by atoms with E-state index in [1.807, 2.05) is 0 Å². The number of aromatic nitrogens is 2. The van der Waals surface area contributed by atoms with Gasteiger partial charge < -0.3 is 4.74 Å². The molecule has 0 spiro atoms. The summed E-state index contributed by atoms with van der Waals surface area (Å²) in [7, 11) is 0. The van der Waals surface area contributed by atoms with Crippen LogP contribution in [-0.2, 0) is 4.74 Å². The highest BCUT2D eigenvalue weighted by molar-refractivity contribution is 7.10. The molecule has 0 radical (unpaired) electrons. The lowest BCUT2D eigenvalue weighted by atomic mass is 10.2. The molecule has 1 N–H and O–H groups in total. The van der Waals surface area contributed by atoms with Crippen molar-refractivity contribution in [3.05, 3.63) is 45.6 Å². The molecule has 0 unspecified atom stereocenters. The molecule has 2 aromatic rings. The molecule has 1 heterocycles. The van der Waals surface area contributed by atoms with Crippen LogP contribution in [0.1, 0.15) is 23.0 Å². The number of benzene rings is 1. The number of non-ortho nitro benzene ring substituents is 1. The van der Waals surface area contributed by atoms with Crippen molar-refractivity contribution in [2.75, 3.05) is 12.0 Å². The summed E-state index contributed by atoms with van der Waals surface area (Å²) in [6.45, 7) is 1.93. The summed E-state index contributed by atoms with van der Waals surface area (Å²) >= 11 is 0.969. The van der Waals surface area contributed by atoms with E-state index in [1.54, 1.807) is 19.1 Å². The molecule has 0 bridgehead atoms. The molecule has 0 atom stereocenters. The van der Waals surface area contributed by atoms with Gasteiger partial charge in [-0.1, -0.05) is 4.49 Å². The molecule has 22 heavy (non-hydrogen) atoms. The van der Waals surface area contributed by atoms with Crippen molar-refractivity contribution >= 4 is 34.4 Å². The number of rotatable bonds is 6. The first-order chi connectivity index (χ1) is 10.6. The molecule has 1 aromatic carbocycles. The molecule has 0 aliphatic carbocycles. The van der Waals surface area contributed by atoms with Crippen LogP contribution in [0.2, 0.25) is 0 Å². The van der Waals surface area contributed by atoms with E-state index < -0.39 is 10.9 Å². The average molecular weight is 321 g/mol. The van der Waals surface area contributed by atoms with E-state index in [1.165, 1.54) is 18.3 Å². The predicted molar refractivity (Wildman–Crippen MR) is 80.2 cm³/mol. The summed E-state index contributed by atoms with van der Waals surface area (Å²) in [5.41, 5.74) is 3.37. The topological polar surface area (TPSA) is 120 Å². The van der Waals surface area contributed by atoms with E-state index in [9.17, 15) is 14.9 Å². The summed E-state index contributed by atoms with van der Waals surface area (Å²) in [4.78, 5) is 21.6. The van der Waals surface area contributed by atoms with Gasteiger partial charge in [0.1, 0.15) is 0 Å². The van der Waals surface area contributed by atoms with Crippen molar-refractivity contribution < 1.29 is 14.5 Å². The fourth-order valence-electron chi connectivity index (χ4n) is 1.44. The number of esters is 1. The number of hydrogen-bond donors (Lipinski definition) is 1. The fourth-order valence-corrected chi connectivity index (χ4v) is 1.95. The number of ether oxygens (including phenoxy) is 1. The molecule has 0 saturated carbocycles. The third-order valence-electron chi connectivity index (χ3n) is 2.44. The van der Waals surface area contributed by atoms with Crippen LogP contribution in [0, 0.1) is 10.1 Å². The Balaban J connectivity index is 2.02. The highest BCUT2D eigenvalue weighted by atomic mass is 32.1. The van der Waals surface area contributed by atoms with Gasteiger partial charge in [-0.25, -0.2) is 4.79 Å². The van der Waals surface area contributed by atoms with Crippen molar-refractivity contribution in [3.8, 4) is 0 Å². The van der Waals surface area contributed by atoms with E-state index in [0.717, 1.165) is 11.5 Å². The van der Waals surface area contributed by atoms with Crippen molar-refractivity contribution in [2.45, 2.75) is 6.92 Å². The zero-order valence-corrected chi connectivity index (χ0v) is 12.2. The van der Waals surface area contributed by atoms with Crippen molar-refractivity contribution in [1.82, 2.24) is 9.59 Å². The minimum absolute atomic E-state index is 0.00126. The molecule has 0 aliphatic heterocycles. The summed E-state index contributed by atoms with van der Waals surface area (Å²) in [6, 6.07) is 5.86. The molecule has 0 fully saturated rings. The normalized spacial score (nSPS) is 10.6. The largest absolute Gasteiger partial charge is 0.461 e. The van der Waals surface area contributed by atoms with E-state index in [2.05, 4.69) is 20.1 Å². The highest BCUT2D eigenvalue weighted by Crippen LogP contribution is 2.18. The van der Waals surface area contributed by atoms with Crippen LogP contribution < -0.4 is 5.43 Å². The van der Waals surface area contributed by atoms with Gasteiger partial charge in [-0.2, -0.15) is 5.10 Å². The Morgan fingerprint density at radius 1 is 1.50 bits per heavy atom. The van der Waals surface area contributed by atoms with Gasteiger partial charge in [0.2, 0.25) is 5.69 Å². The van der Waals surface area contributed by atoms with E-state index in [0.29, 0.717) is 10.6 Å². The van der Waals surface area contributed by atoms with Gasteiger partial charge in [0, 0.05) is 23.7 Å². The second-order valence-corrected chi connectivity index (χ2v) is 4.64. The number of carbonyl (C=O) groups excluding carboxylic acids is 1. The molecular formula is C12H11N5O4S. The van der Waals surface area contributed by atoms with Gasteiger partial charge >= 0.3 is 5.97 Å². The molecule has 9 nitrogen and oxygen atoms in total. The van der Waals surface area contributed by atoms with E-state index in [-0.39, 0.29) is 18.0 Å². The Morgan fingerprint density at radius 3 is 2.86 bits per heavy atom. The standard InChI is InChI=1S/C12H11N5O4S/c1-2-21-12(18)10-11(22-16-14-10)15-13-7-8-3-5-9(6-4-8)17(19)20/h3-7,15H,2H2,1H3/b13-7-. The van der Waals surface area contributed by atoms with Crippen LogP contribution in [0.25, 0.3) is 0 Å².